The molecule has 0 amide bonds. The molecule has 86 valence electrons. The summed E-state index contributed by atoms with van der Waals surface area (Å²) < 4.78 is 4.72. The highest BCUT2D eigenvalue weighted by molar-refractivity contribution is 5.77. The Balaban J connectivity index is 3.00. The van der Waals surface area contributed by atoms with E-state index < -0.39 is 17.3 Å². The molecular weight excluding hydrogens is 196 g/mol. The van der Waals surface area contributed by atoms with E-state index >= 15 is 0 Å². The van der Waals surface area contributed by atoms with E-state index in [4.69, 9.17) is 4.74 Å². The van der Waals surface area contributed by atoms with Gasteiger partial charge in [0.1, 0.15) is 0 Å². The second kappa shape index (κ2) is 3.83. The number of ether oxygens (including phenoxy) is 1. The van der Waals surface area contributed by atoms with Crippen molar-refractivity contribution in [2.75, 3.05) is 7.11 Å². The van der Waals surface area contributed by atoms with E-state index in [0.29, 0.717) is 6.42 Å². The van der Waals surface area contributed by atoms with E-state index in [9.17, 15) is 14.7 Å². The van der Waals surface area contributed by atoms with E-state index in [1.807, 2.05) is 6.92 Å². The minimum absolute atomic E-state index is 0.0235. The van der Waals surface area contributed by atoms with Gasteiger partial charge in [-0.15, -0.1) is 0 Å². The number of aliphatic carboxylic acids is 1. The lowest BCUT2D eigenvalue weighted by molar-refractivity contribution is -0.314. The zero-order valence-corrected chi connectivity index (χ0v) is 9.57. The number of hydrogen-bond donors (Lipinski definition) is 0. The summed E-state index contributed by atoms with van der Waals surface area (Å²) in [6.07, 6.45) is 0.481. The molecular formula is C11H17O4-. The average molecular weight is 213 g/mol. The van der Waals surface area contributed by atoms with Crippen molar-refractivity contribution in [1.82, 2.24) is 0 Å². The number of carboxylic acids is 1. The van der Waals surface area contributed by atoms with E-state index in [-0.39, 0.29) is 17.8 Å². The predicted molar refractivity (Wildman–Crippen MR) is 51.6 cm³/mol. The number of hydrogen-bond acceptors (Lipinski definition) is 4. The largest absolute Gasteiger partial charge is 0.550 e. The summed E-state index contributed by atoms with van der Waals surface area (Å²) in [5.74, 6) is -2.30. The van der Waals surface area contributed by atoms with Gasteiger partial charge in [-0.3, -0.25) is 4.79 Å². The Kier molecular flexibility index (Phi) is 3.07. The predicted octanol–water partition coefficient (Wildman–Crippen LogP) is 0.208. The molecule has 4 heteroatoms. The molecule has 0 bridgehead atoms. The Morgan fingerprint density at radius 2 is 1.93 bits per heavy atom. The lowest BCUT2D eigenvalue weighted by Gasteiger charge is -2.32. The molecule has 0 aliphatic heterocycles. The fourth-order valence-electron chi connectivity index (χ4n) is 2.82. The summed E-state index contributed by atoms with van der Waals surface area (Å²) in [6.45, 7) is 5.46. The topological polar surface area (TPSA) is 66.4 Å². The van der Waals surface area contributed by atoms with Gasteiger partial charge in [-0.05, 0) is 17.8 Å². The maximum atomic E-state index is 11.6. The zero-order valence-electron chi connectivity index (χ0n) is 9.57. The van der Waals surface area contributed by atoms with E-state index in [1.165, 1.54) is 7.11 Å². The molecule has 0 saturated heterocycles. The second-order valence-corrected chi connectivity index (χ2v) is 4.91. The minimum atomic E-state index is -1.07. The molecule has 3 atom stereocenters. The van der Waals surface area contributed by atoms with Crippen LogP contribution in [0, 0.1) is 23.2 Å². The molecule has 0 aromatic rings. The van der Waals surface area contributed by atoms with Crippen molar-refractivity contribution in [2.45, 2.75) is 27.2 Å². The van der Waals surface area contributed by atoms with Gasteiger partial charge < -0.3 is 14.6 Å². The third kappa shape index (κ3) is 1.85. The first kappa shape index (κ1) is 12.0. The summed E-state index contributed by atoms with van der Waals surface area (Å²) in [6, 6.07) is 0. The monoisotopic (exact) mass is 213 g/mol. The summed E-state index contributed by atoms with van der Waals surface area (Å²) >= 11 is 0. The second-order valence-electron chi connectivity index (χ2n) is 4.91. The Hall–Kier alpha value is -1.06. The summed E-state index contributed by atoms with van der Waals surface area (Å²) in [7, 11) is 1.33. The van der Waals surface area contributed by atoms with Gasteiger partial charge in [0.15, 0.2) is 0 Å². The molecule has 1 aliphatic rings. The van der Waals surface area contributed by atoms with Gasteiger partial charge in [-0.2, -0.15) is 0 Å². The first-order valence-electron chi connectivity index (χ1n) is 5.11. The maximum absolute atomic E-state index is 11.6. The van der Waals surface area contributed by atoms with Crippen molar-refractivity contribution in [3.05, 3.63) is 0 Å². The van der Waals surface area contributed by atoms with E-state index in [0.717, 1.165) is 0 Å². The number of esters is 1. The SMILES string of the molecule is COC(=O)[C@@H]1[C@@H](C)C[C@H](C(=O)[O-])C1(C)C. The van der Waals surface area contributed by atoms with Crippen LogP contribution in [-0.4, -0.2) is 19.0 Å². The van der Waals surface area contributed by atoms with E-state index in [2.05, 4.69) is 0 Å². The molecule has 0 unspecified atom stereocenters. The molecule has 1 fully saturated rings. The van der Waals surface area contributed by atoms with Crippen molar-refractivity contribution in [1.29, 1.82) is 0 Å². The first-order chi connectivity index (χ1) is 6.82. The summed E-state index contributed by atoms with van der Waals surface area (Å²) in [5.41, 5.74) is -0.592. The maximum Gasteiger partial charge on any atom is 0.309 e. The van der Waals surface area contributed by atoms with Gasteiger partial charge in [0.25, 0.3) is 0 Å². The smallest absolute Gasteiger partial charge is 0.309 e. The number of methoxy groups -OCH3 is 1. The number of carbonyl (C=O) groups is 2. The van der Waals surface area contributed by atoms with Crippen molar-refractivity contribution >= 4 is 11.9 Å². The van der Waals surface area contributed by atoms with Crippen LogP contribution in [0.4, 0.5) is 0 Å². The molecule has 1 rings (SSSR count). The average Bonchev–Trinajstić information content (AvgIpc) is 2.35. The van der Waals surface area contributed by atoms with E-state index in [1.54, 1.807) is 13.8 Å². The van der Waals surface area contributed by atoms with Crippen molar-refractivity contribution in [2.24, 2.45) is 23.2 Å². The molecule has 4 nitrogen and oxygen atoms in total. The fourth-order valence-corrected chi connectivity index (χ4v) is 2.82. The van der Waals surface area contributed by atoms with Crippen LogP contribution in [0.25, 0.3) is 0 Å². The van der Waals surface area contributed by atoms with Crippen LogP contribution in [0.5, 0.6) is 0 Å². The minimum Gasteiger partial charge on any atom is -0.550 e. The van der Waals surface area contributed by atoms with Gasteiger partial charge in [-0.1, -0.05) is 20.8 Å². The molecule has 1 aliphatic carbocycles. The molecule has 0 spiro atoms. The molecule has 0 aromatic heterocycles. The van der Waals surface area contributed by atoms with Gasteiger partial charge >= 0.3 is 5.97 Å². The molecule has 1 saturated carbocycles. The molecule has 0 heterocycles. The molecule has 15 heavy (non-hydrogen) atoms. The number of carboxylic acid groups (broad SMARTS) is 1. The molecule has 0 radical (unpaired) electrons. The van der Waals surface area contributed by atoms with Crippen molar-refractivity contribution in [3.63, 3.8) is 0 Å². The quantitative estimate of drug-likeness (QED) is 0.615. The fraction of sp³-hybridized carbons (Fsp3) is 0.818. The van der Waals surface area contributed by atoms with Crippen LogP contribution in [0.15, 0.2) is 0 Å². The van der Waals surface area contributed by atoms with Crippen LogP contribution in [-0.2, 0) is 14.3 Å². The highest BCUT2D eigenvalue weighted by Gasteiger charge is 2.51. The van der Waals surface area contributed by atoms with Crippen LogP contribution in [0.3, 0.4) is 0 Å². The Bertz CT molecular complexity index is 282. The van der Waals surface area contributed by atoms with Crippen LogP contribution in [0.1, 0.15) is 27.2 Å². The summed E-state index contributed by atoms with van der Waals surface area (Å²) in [5, 5.41) is 11.0. The van der Waals surface area contributed by atoms with Crippen LogP contribution >= 0.6 is 0 Å². The van der Waals surface area contributed by atoms with Crippen molar-refractivity contribution in [3.8, 4) is 0 Å². The van der Waals surface area contributed by atoms with Gasteiger partial charge in [-0.25, -0.2) is 0 Å². The lowest BCUT2D eigenvalue weighted by atomic mass is 9.74. The van der Waals surface area contributed by atoms with Crippen LogP contribution in [0.2, 0.25) is 0 Å². The Morgan fingerprint density at radius 3 is 2.27 bits per heavy atom. The Morgan fingerprint density at radius 1 is 1.40 bits per heavy atom. The normalized spacial score (nSPS) is 33.7. The van der Waals surface area contributed by atoms with Gasteiger partial charge in [0, 0.05) is 11.9 Å². The highest BCUT2D eigenvalue weighted by Crippen LogP contribution is 2.50. The van der Waals surface area contributed by atoms with Crippen molar-refractivity contribution < 1.29 is 19.4 Å². The van der Waals surface area contributed by atoms with Gasteiger partial charge in [0.05, 0.1) is 13.0 Å². The first-order valence-corrected chi connectivity index (χ1v) is 5.11. The Labute approximate surface area is 89.6 Å². The zero-order chi connectivity index (χ0) is 11.8. The number of rotatable bonds is 2. The molecule has 0 N–H and O–H groups in total. The molecule has 0 aromatic carbocycles. The van der Waals surface area contributed by atoms with Gasteiger partial charge in [0.2, 0.25) is 0 Å². The highest BCUT2D eigenvalue weighted by atomic mass is 16.5. The standard InChI is InChI=1S/C11H18O4/c1-6-5-7(9(12)13)11(2,3)8(6)10(14)15-4/h6-8H,5H2,1-4H3,(H,12,13)/p-1/t6-,7+,8-/m0/s1. The number of carbonyl (C=O) groups excluding carboxylic acids is 2. The lowest BCUT2D eigenvalue weighted by Crippen LogP contribution is -2.41. The van der Waals surface area contributed by atoms with Crippen LogP contribution < -0.4 is 5.11 Å². The third-order valence-electron chi connectivity index (χ3n) is 3.62. The third-order valence-corrected chi connectivity index (χ3v) is 3.62. The summed E-state index contributed by atoms with van der Waals surface area (Å²) in [4.78, 5) is 22.5.